The van der Waals surface area contributed by atoms with Gasteiger partial charge in [-0.25, -0.2) is 0 Å². The molecule has 0 spiro atoms. The van der Waals surface area contributed by atoms with Gasteiger partial charge < -0.3 is 10.5 Å². The van der Waals surface area contributed by atoms with Gasteiger partial charge in [0.25, 0.3) is 0 Å². The third kappa shape index (κ3) is 6.62. The summed E-state index contributed by atoms with van der Waals surface area (Å²) in [7, 11) is 0. The van der Waals surface area contributed by atoms with Gasteiger partial charge in [-0.3, -0.25) is 0 Å². The molecule has 2 heteroatoms. The standard InChI is InChI=1S/C10H23NO/c1-8(2)10(11)6-5-7-12-9(3)4/h8-10H,5-7,11H2,1-4H3. The summed E-state index contributed by atoms with van der Waals surface area (Å²) in [4.78, 5) is 0. The molecule has 0 radical (unpaired) electrons. The van der Waals surface area contributed by atoms with Crippen molar-refractivity contribution in [3.8, 4) is 0 Å². The van der Waals surface area contributed by atoms with Gasteiger partial charge in [0, 0.05) is 12.6 Å². The first-order chi connectivity index (χ1) is 5.54. The van der Waals surface area contributed by atoms with Gasteiger partial charge >= 0.3 is 0 Å². The first-order valence-corrected chi connectivity index (χ1v) is 4.91. The monoisotopic (exact) mass is 173 g/mol. The highest BCUT2D eigenvalue weighted by Crippen LogP contribution is 2.05. The molecule has 0 aromatic heterocycles. The van der Waals surface area contributed by atoms with Gasteiger partial charge in [0.1, 0.15) is 0 Å². The quantitative estimate of drug-likeness (QED) is 0.625. The molecule has 2 nitrogen and oxygen atoms in total. The van der Waals surface area contributed by atoms with E-state index >= 15 is 0 Å². The molecule has 0 heterocycles. The smallest absolute Gasteiger partial charge is 0.0518 e. The van der Waals surface area contributed by atoms with E-state index in [0.29, 0.717) is 18.1 Å². The van der Waals surface area contributed by atoms with E-state index in [1.165, 1.54) is 0 Å². The Kier molecular flexibility index (Phi) is 6.39. The van der Waals surface area contributed by atoms with E-state index in [1.54, 1.807) is 0 Å². The minimum atomic E-state index is 0.334. The summed E-state index contributed by atoms with van der Waals surface area (Å²) in [6.45, 7) is 9.28. The fourth-order valence-corrected chi connectivity index (χ4v) is 0.971. The van der Waals surface area contributed by atoms with Gasteiger partial charge in [0.2, 0.25) is 0 Å². The van der Waals surface area contributed by atoms with Crippen LogP contribution in [0.3, 0.4) is 0 Å². The lowest BCUT2D eigenvalue weighted by atomic mass is 10.0. The largest absolute Gasteiger partial charge is 0.379 e. The molecule has 0 aliphatic rings. The predicted octanol–water partition coefficient (Wildman–Crippen LogP) is 2.17. The van der Waals surface area contributed by atoms with Gasteiger partial charge in [-0.2, -0.15) is 0 Å². The fourth-order valence-electron chi connectivity index (χ4n) is 0.971. The lowest BCUT2D eigenvalue weighted by Gasteiger charge is -2.15. The number of hydrogen-bond donors (Lipinski definition) is 1. The van der Waals surface area contributed by atoms with Crippen molar-refractivity contribution in [3.05, 3.63) is 0 Å². The topological polar surface area (TPSA) is 35.2 Å². The Balaban J connectivity index is 3.20. The van der Waals surface area contributed by atoms with E-state index in [2.05, 4.69) is 27.7 Å². The van der Waals surface area contributed by atoms with E-state index < -0.39 is 0 Å². The molecule has 0 saturated heterocycles. The van der Waals surface area contributed by atoms with Crippen LogP contribution in [0.15, 0.2) is 0 Å². The number of hydrogen-bond acceptors (Lipinski definition) is 2. The molecule has 0 amide bonds. The van der Waals surface area contributed by atoms with Gasteiger partial charge in [-0.15, -0.1) is 0 Å². The molecule has 0 aliphatic heterocycles. The second kappa shape index (κ2) is 6.44. The van der Waals surface area contributed by atoms with Crippen LogP contribution in [0.4, 0.5) is 0 Å². The highest BCUT2D eigenvalue weighted by molar-refractivity contribution is 4.64. The van der Waals surface area contributed by atoms with Crippen molar-refractivity contribution in [2.75, 3.05) is 6.61 Å². The first kappa shape index (κ1) is 11.9. The normalized spacial score (nSPS) is 14.2. The predicted molar refractivity (Wildman–Crippen MR) is 53.1 cm³/mol. The lowest BCUT2D eigenvalue weighted by Crippen LogP contribution is -2.26. The van der Waals surface area contributed by atoms with Crippen LogP contribution in [0.5, 0.6) is 0 Å². The van der Waals surface area contributed by atoms with Crippen molar-refractivity contribution >= 4 is 0 Å². The second-order valence-corrected chi connectivity index (χ2v) is 3.97. The molecule has 0 rings (SSSR count). The molecule has 0 saturated carbocycles. The molecule has 0 aliphatic carbocycles. The van der Waals surface area contributed by atoms with Crippen molar-refractivity contribution in [1.82, 2.24) is 0 Å². The van der Waals surface area contributed by atoms with E-state index in [4.69, 9.17) is 10.5 Å². The van der Waals surface area contributed by atoms with E-state index in [1.807, 2.05) is 0 Å². The van der Waals surface area contributed by atoms with Crippen molar-refractivity contribution in [3.63, 3.8) is 0 Å². The van der Waals surface area contributed by atoms with Crippen LogP contribution in [0.25, 0.3) is 0 Å². The Labute approximate surface area is 76.5 Å². The lowest BCUT2D eigenvalue weighted by molar-refractivity contribution is 0.0744. The molecule has 2 N–H and O–H groups in total. The SMILES string of the molecule is CC(C)OCCCC(N)C(C)C. The van der Waals surface area contributed by atoms with E-state index in [-0.39, 0.29) is 0 Å². The highest BCUT2D eigenvalue weighted by atomic mass is 16.5. The summed E-state index contributed by atoms with van der Waals surface area (Å²) in [5.74, 6) is 0.587. The van der Waals surface area contributed by atoms with Crippen LogP contribution in [-0.4, -0.2) is 18.8 Å². The van der Waals surface area contributed by atoms with Crippen LogP contribution in [0.1, 0.15) is 40.5 Å². The molecule has 74 valence electrons. The molecule has 0 bridgehead atoms. The number of nitrogens with two attached hydrogens (primary N) is 1. The second-order valence-electron chi connectivity index (χ2n) is 3.97. The van der Waals surface area contributed by atoms with Crippen molar-refractivity contribution in [2.45, 2.75) is 52.7 Å². The van der Waals surface area contributed by atoms with E-state index in [0.717, 1.165) is 19.4 Å². The summed E-state index contributed by atoms with van der Waals surface area (Å²) in [6, 6.07) is 0.334. The summed E-state index contributed by atoms with van der Waals surface area (Å²) in [5, 5.41) is 0. The molecule has 0 fully saturated rings. The zero-order valence-electron chi connectivity index (χ0n) is 8.84. The molecule has 1 unspecified atom stereocenters. The summed E-state index contributed by atoms with van der Waals surface area (Å²) in [6.07, 6.45) is 2.50. The maximum absolute atomic E-state index is 5.88. The molecule has 0 aromatic carbocycles. The van der Waals surface area contributed by atoms with Crippen molar-refractivity contribution in [2.24, 2.45) is 11.7 Å². The third-order valence-corrected chi connectivity index (χ3v) is 1.99. The Morgan fingerprint density at radius 3 is 2.17 bits per heavy atom. The van der Waals surface area contributed by atoms with Crippen LogP contribution in [0.2, 0.25) is 0 Å². The highest BCUT2D eigenvalue weighted by Gasteiger charge is 2.06. The van der Waals surface area contributed by atoms with Gasteiger partial charge in [0.15, 0.2) is 0 Å². The minimum absolute atomic E-state index is 0.334. The summed E-state index contributed by atoms with van der Waals surface area (Å²) < 4.78 is 5.42. The zero-order valence-corrected chi connectivity index (χ0v) is 8.84. The fraction of sp³-hybridized carbons (Fsp3) is 1.00. The first-order valence-electron chi connectivity index (χ1n) is 4.91. The maximum atomic E-state index is 5.88. The maximum Gasteiger partial charge on any atom is 0.0518 e. The Morgan fingerprint density at radius 1 is 1.17 bits per heavy atom. The Hall–Kier alpha value is -0.0800. The molecule has 12 heavy (non-hydrogen) atoms. The number of rotatable bonds is 6. The van der Waals surface area contributed by atoms with Crippen molar-refractivity contribution < 1.29 is 4.74 Å². The summed E-state index contributed by atoms with van der Waals surface area (Å²) >= 11 is 0. The minimum Gasteiger partial charge on any atom is -0.379 e. The Morgan fingerprint density at radius 2 is 1.75 bits per heavy atom. The number of ether oxygens (including phenoxy) is 1. The van der Waals surface area contributed by atoms with Gasteiger partial charge in [-0.05, 0) is 32.6 Å². The van der Waals surface area contributed by atoms with Gasteiger partial charge in [0.05, 0.1) is 6.10 Å². The zero-order chi connectivity index (χ0) is 9.56. The van der Waals surface area contributed by atoms with E-state index in [9.17, 15) is 0 Å². The average Bonchev–Trinajstić information content (AvgIpc) is 1.97. The van der Waals surface area contributed by atoms with Gasteiger partial charge in [-0.1, -0.05) is 13.8 Å². The van der Waals surface area contributed by atoms with Crippen LogP contribution >= 0.6 is 0 Å². The van der Waals surface area contributed by atoms with Crippen LogP contribution in [0, 0.1) is 5.92 Å². The van der Waals surface area contributed by atoms with Crippen molar-refractivity contribution in [1.29, 1.82) is 0 Å². The average molecular weight is 173 g/mol. The molecular weight excluding hydrogens is 150 g/mol. The molecule has 0 aromatic rings. The third-order valence-electron chi connectivity index (χ3n) is 1.99. The van der Waals surface area contributed by atoms with Crippen LogP contribution < -0.4 is 5.73 Å². The molecule has 1 atom stereocenters. The summed E-state index contributed by atoms with van der Waals surface area (Å²) in [5.41, 5.74) is 5.88. The van der Waals surface area contributed by atoms with Crippen LogP contribution in [-0.2, 0) is 4.74 Å². The Bertz CT molecular complexity index is 102. The molecular formula is C10H23NO.